The molecule has 1 aromatic heterocycles. The van der Waals surface area contributed by atoms with Gasteiger partial charge in [0.05, 0.1) is 5.56 Å². The fourth-order valence-electron chi connectivity index (χ4n) is 2.65. The Morgan fingerprint density at radius 2 is 1.76 bits per heavy atom. The van der Waals surface area contributed by atoms with Gasteiger partial charge in [-0.25, -0.2) is 4.79 Å². The molecule has 130 valence electrons. The minimum absolute atomic E-state index is 0.104. The zero-order valence-electron chi connectivity index (χ0n) is 13.5. The number of nitrogens with zero attached hydrogens (tertiary/aromatic N) is 1. The van der Waals surface area contributed by atoms with Gasteiger partial charge in [-0.3, -0.25) is 9.59 Å². The second-order valence-electron chi connectivity index (χ2n) is 5.81. The van der Waals surface area contributed by atoms with Gasteiger partial charge in [0.15, 0.2) is 6.61 Å². The Morgan fingerprint density at radius 3 is 2.44 bits per heavy atom. The van der Waals surface area contributed by atoms with Crippen LogP contribution in [0.4, 0.5) is 0 Å². The number of benzene rings is 1. The van der Waals surface area contributed by atoms with E-state index in [1.165, 1.54) is 12.3 Å². The molecule has 7 heteroatoms. The molecule has 1 aromatic carbocycles. The maximum atomic E-state index is 12.3. The normalized spacial score (nSPS) is 13.7. The van der Waals surface area contributed by atoms with E-state index in [1.54, 1.807) is 29.2 Å². The number of carbonyl (C=O) groups excluding carboxylic acids is 3. The van der Waals surface area contributed by atoms with Crippen molar-refractivity contribution in [1.82, 2.24) is 9.88 Å². The maximum Gasteiger partial charge on any atom is 0.338 e. The molecule has 1 saturated heterocycles. The summed E-state index contributed by atoms with van der Waals surface area (Å²) >= 11 is 2.14. The van der Waals surface area contributed by atoms with Gasteiger partial charge >= 0.3 is 5.97 Å². The summed E-state index contributed by atoms with van der Waals surface area (Å²) in [4.78, 5) is 41.0. The lowest BCUT2D eigenvalue weighted by Gasteiger charge is -2.13. The Bertz CT molecular complexity index is 792. The number of esters is 1. The monoisotopic (exact) mass is 452 g/mol. The van der Waals surface area contributed by atoms with E-state index >= 15 is 0 Å². The predicted octanol–water partition coefficient (Wildman–Crippen LogP) is 2.90. The van der Waals surface area contributed by atoms with Crippen LogP contribution in [0.25, 0.3) is 0 Å². The fourth-order valence-corrected chi connectivity index (χ4v) is 3.01. The third kappa shape index (κ3) is 4.28. The van der Waals surface area contributed by atoms with Crippen LogP contribution in [0.15, 0.2) is 36.5 Å². The van der Waals surface area contributed by atoms with E-state index in [0.717, 1.165) is 29.5 Å². The van der Waals surface area contributed by atoms with E-state index in [0.29, 0.717) is 16.8 Å². The number of ether oxygens (including phenoxy) is 1. The van der Waals surface area contributed by atoms with E-state index < -0.39 is 5.97 Å². The van der Waals surface area contributed by atoms with Gasteiger partial charge in [0, 0.05) is 28.4 Å². The van der Waals surface area contributed by atoms with Gasteiger partial charge in [0.1, 0.15) is 5.69 Å². The summed E-state index contributed by atoms with van der Waals surface area (Å²) < 4.78 is 6.06. The Labute approximate surface area is 158 Å². The van der Waals surface area contributed by atoms with E-state index in [4.69, 9.17) is 4.74 Å². The number of aromatic nitrogens is 1. The van der Waals surface area contributed by atoms with Crippen molar-refractivity contribution in [3.8, 4) is 0 Å². The lowest BCUT2D eigenvalue weighted by molar-refractivity contribution is 0.0474. The smallest absolute Gasteiger partial charge is 0.338 e. The molecule has 0 bridgehead atoms. The summed E-state index contributed by atoms with van der Waals surface area (Å²) in [6.45, 7) is 1.13. The minimum atomic E-state index is -0.548. The zero-order valence-corrected chi connectivity index (χ0v) is 15.6. The van der Waals surface area contributed by atoms with E-state index in [2.05, 4.69) is 27.6 Å². The summed E-state index contributed by atoms with van der Waals surface area (Å²) in [5.41, 5.74) is 1.11. The van der Waals surface area contributed by atoms with Crippen molar-refractivity contribution in [1.29, 1.82) is 0 Å². The van der Waals surface area contributed by atoms with Crippen LogP contribution < -0.4 is 0 Å². The van der Waals surface area contributed by atoms with Crippen LogP contribution in [0.2, 0.25) is 0 Å². The summed E-state index contributed by atoms with van der Waals surface area (Å²) in [6.07, 6.45) is 3.49. The van der Waals surface area contributed by atoms with Crippen molar-refractivity contribution >= 4 is 40.3 Å². The number of hydrogen-bond acceptors (Lipinski definition) is 4. The van der Waals surface area contributed by atoms with Crippen molar-refractivity contribution in [2.24, 2.45) is 0 Å². The number of aromatic amines is 1. The molecule has 2 aromatic rings. The molecule has 0 saturated carbocycles. The molecule has 0 atom stereocenters. The second kappa shape index (κ2) is 7.81. The SMILES string of the molecule is O=C(COC(=O)c1ccc(I)cc1)c1c[nH]c(C(=O)N2CCCC2)c1. The fraction of sp³-hybridized carbons (Fsp3) is 0.278. The Morgan fingerprint density at radius 1 is 1.08 bits per heavy atom. The average Bonchev–Trinajstić information content (AvgIpc) is 3.31. The van der Waals surface area contributed by atoms with Gasteiger partial charge in [-0.1, -0.05) is 0 Å². The third-order valence-corrected chi connectivity index (χ3v) is 4.76. The largest absolute Gasteiger partial charge is 0.454 e. The predicted molar refractivity (Wildman–Crippen MR) is 99.7 cm³/mol. The highest BCUT2D eigenvalue weighted by atomic mass is 127. The number of carbonyl (C=O) groups is 3. The maximum absolute atomic E-state index is 12.3. The van der Waals surface area contributed by atoms with E-state index in [9.17, 15) is 14.4 Å². The van der Waals surface area contributed by atoms with Crippen LogP contribution in [-0.2, 0) is 4.74 Å². The van der Waals surface area contributed by atoms with Crippen LogP contribution in [-0.4, -0.2) is 47.2 Å². The molecular weight excluding hydrogens is 435 g/mol. The van der Waals surface area contributed by atoms with Crippen molar-refractivity contribution in [2.75, 3.05) is 19.7 Å². The highest BCUT2D eigenvalue weighted by molar-refractivity contribution is 14.1. The number of nitrogens with one attached hydrogen (secondary N) is 1. The molecule has 1 aliphatic heterocycles. The number of ketones is 1. The number of H-pyrrole nitrogens is 1. The van der Waals surface area contributed by atoms with Crippen molar-refractivity contribution < 1.29 is 19.1 Å². The van der Waals surface area contributed by atoms with Crippen LogP contribution in [0, 0.1) is 3.57 Å². The molecule has 2 heterocycles. The van der Waals surface area contributed by atoms with Gasteiger partial charge in [0.2, 0.25) is 5.78 Å². The lowest BCUT2D eigenvalue weighted by atomic mass is 10.2. The Hall–Kier alpha value is -2.16. The summed E-state index contributed by atoms with van der Waals surface area (Å²) in [5, 5.41) is 0. The molecule has 1 N–H and O–H groups in total. The van der Waals surface area contributed by atoms with Crippen LogP contribution in [0.5, 0.6) is 0 Å². The molecule has 0 unspecified atom stereocenters. The highest BCUT2D eigenvalue weighted by Gasteiger charge is 2.22. The second-order valence-corrected chi connectivity index (χ2v) is 7.05. The number of halogens is 1. The average molecular weight is 452 g/mol. The number of likely N-dealkylation sites (tertiary alicyclic amines) is 1. The van der Waals surface area contributed by atoms with Gasteiger partial charge in [-0.15, -0.1) is 0 Å². The Kier molecular flexibility index (Phi) is 5.52. The van der Waals surface area contributed by atoms with Crippen LogP contribution in [0.1, 0.15) is 44.0 Å². The zero-order chi connectivity index (χ0) is 17.8. The van der Waals surface area contributed by atoms with E-state index in [-0.39, 0.29) is 18.3 Å². The van der Waals surface area contributed by atoms with Crippen LogP contribution >= 0.6 is 22.6 Å². The molecule has 1 fully saturated rings. The molecule has 1 amide bonds. The first-order valence-corrected chi connectivity index (χ1v) is 9.06. The first-order chi connectivity index (χ1) is 12.0. The molecule has 1 aliphatic rings. The number of hydrogen-bond donors (Lipinski definition) is 1. The summed E-state index contributed by atoms with van der Waals surface area (Å²) in [7, 11) is 0. The van der Waals surface area contributed by atoms with Gasteiger partial charge < -0.3 is 14.6 Å². The number of rotatable bonds is 5. The standard InChI is InChI=1S/C18H17IN2O4/c19-14-5-3-12(4-6-14)18(24)25-11-16(22)13-9-15(20-10-13)17(23)21-7-1-2-8-21/h3-6,9-10,20H,1-2,7-8,11H2. The van der Waals surface area contributed by atoms with Gasteiger partial charge in [-0.05, 0) is 65.8 Å². The van der Waals surface area contributed by atoms with Crippen LogP contribution in [0.3, 0.4) is 0 Å². The first kappa shape index (κ1) is 17.7. The quantitative estimate of drug-likeness (QED) is 0.430. The lowest BCUT2D eigenvalue weighted by Crippen LogP contribution is -2.27. The third-order valence-electron chi connectivity index (χ3n) is 4.04. The highest BCUT2D eigenvalue weighted by Crippen LogP contribution is 2.14. The number of Topliss-reactive ketones (excluding diaryl/α,β-unsaturated/α-hetero) is 1. The summed E-state index contributed by atoms with van der Waals surface area (Å²) in [5.74, 6) is -1.00. The molecule has 0 aliphatic carbocycles. The molecule has 25 heavy (non-hydrogen) atoms. The molecule has 3 rings (SSSR count). The first-order valence-electron chi connectivity index (χ1n) is 7.98. The molecule has 0 spiro atoms. The van der Waals surface area contributed by atoms with Crippen molar-refractivity contribution in [2.45, 2.75) is 12.8 Å². The summed E-state index contributed by atoms with van der Waals surface area (Å²) in [6, 6.07) is 8.40. The van der Waals surface area contributed by atoms with Gasteiger partial charge in [0.25, 0.3) is 5.91 Å². The number of amides is 1. The minimum Gasteiger partial charge on any atom is -0.454 e. The molecule has 6 nitrogen and oxygen atoms in total. The molecule has 0 radical (unpaired) electrons. The van der Waals surface area contributed by atoms with Gasteiger partial charge in [-0.2, -0.15) is 0 Å². The van der Waals surface area contributed by atoms with Crippen molar-refractivity contribution in [3.05, 3.63) is 56.9 Å². The Balaban J connectivity index is 1.57. The van der Waals surface area contributed by atoms with Crippen molar-refractivity contribution in [3.63, 3.8) is 0 Å². The molecular formula is C18H17IN2O4. The van der Waals surface area contributed by atoms with E-state index in [1.807, 2.05) is 0 Å². The topological polar surface area (TPSA) is 79.5 Å².